The number of benzene rings is 2. The van der Waals surface area contributed by atoms with Crippen LogP contribution < -0.4 is 10.1 Å². The van der Waals surface area contributed by atoms with Crippen LogP contribution in [-0.4, -0.2) is 26.4 Å². The van der Waals surface area contributed by atoms with E-state index in [0.717, 1.165) is 30.0 Å². The minimum absolute atomic E-state index is 0.0245. The number of halogens is 5. The summed E-state index contributed by atoms with van der Waals surface area (Å²) in [6.45, 7) is 3.85. The van der Waals surface area contributed by atoms with Crippen molar-refractivity contribution in [2.45, 2.75) is 37.8 Å². The van der Waals surface area contributed by atoms with E-state index in [4.69, 9.17) is 4.74 Å². The molecule has 12 heteroatoms. The number of amides is 1. The van der Waals surface area contributed by atoms with Crippen molar-refractivity contribution in [1.82, 2.24) is 14.8 Å². The van der Waals surface area contributed by atoms with Gasteiger partial charge >= 0.3 is 6.18 Å². The van der Waals surface area contributed by atoms with Crippen LogP contribution in [0.5, 0.6) is 5.75 Å². The molecule has 0 saturated heterocycles. The maximum Gasteiger partial charge on any atom is 0.416 e. The van der Waals surface area contributed by atoms with Crippen LogP contribution in [0.4, 0.5) is 27.6 Å². The maximum absolute atomic E-state index is 13.9. The van der Waals surface area contributed by atoms with Crippen LogP contribution in [0.25, 0.3) is 0 Å². The Morgan fingerprint density at radius 2 is 1.94 bits per heavy atom. The summed E-state index contributed by atoms with van der Waals surface area (Å²) >= 11 is 1.03. The molecule has 0 spiro atoms. The van der Waals surface area contributed by atoms with Crippen molar-refractivity contribution in [2.75, 3.05) is 11.1 Å². The lowest BCUT2D eigenvalue weighted by molar-refractivity contribution is -0.137. The van der Waals surface area contributed by atoms with Gasteiger partial charge < -0.3 is 14.6 Å². The van der Waals surface area contributed by atoms with Gasteiger partial charge in [-0.1, -0.05) is 17.8 Å². The largest absolute Gasteiger partial charge is 0.480 e. The van der Waals surface area contributed by atoms with Crippen LogP contribution in [0.15, 0.2) is 47.6 Å². The highest BCUT2D eigenvalue weighted by molar-refractivity contribution is 7.99. The number of nitrogens with one attached hydrogen (secondary N) is 1. The molecule has 3 rings (SSSR count). The summed E-state index contributed by atoms with van der Waals surface area (Å²) in [5.74, 6) is -2.03. The lowest BCUT2D eigenvalue weighted by atomic mass is 10.2. The van der Waals surface area contributed by atoms with Crippen molar-refractivity contribution >= 4 is 23.4 Å². The topological polar surface area (TPSA) is 69.0 Å². The molecule has 0 radical (unpaired) electrons. The lowest BCUT2D eigenvalue weighted by Gasteiger charge is -2.16. The zero-order chi connectivity index (χ0) is 24.2. The molecule has 6 nitrogen and oxygen atoms in total. The number of carbonyl (C=O) groups excluding carboxylic acids is 1. The molecule has 1 amide bonds. The van der Waals surface area contributed by atoms with E-state index in [1.807, 2.05) is 6.92 Å². The quantitative estimate of drug-likeness (QED) is 0.338. The minimum Gasteiger partial charge on any atom is -0.480 e. The molecule has 0 aliphatic carbocycles. The summed E-state index contributed by atoms with van der Waals surface area (Å²) in [6, 6.07) is 7.27. The molecule has 33 heavy (non-hydrogen) atoms. The van der Waals surface area contributed by atoms with Gasteiger partial charge in [-0.05, 0) is 44.2 Å². The molecule has 0 bridgehead atoms. The summed E-state index contributed by atoms with van der Waals surface area (Å²) in [7, 11) is 0. The normalized spacial score (nSPS) is 12.5. The number of thioether (sulfide) groups is 1. The molecule has 0 saturated carbocycles. The van der Waals surface area contributed by atoms with Gasteiger partial charge in [-0.3, -0.25) is 4.79 Å². The standard InChI is InChI=1S/C21H19F5N4O2S/c1-3-30-19(12(2)32-17-8-7-14(22)10-16(17)23)28-29-20(30)33-11-18(31)27-15-6-4-5-13(9-15)21(24,25)26/h4-10,12H,3,11H2,1-2H3,(H,27,31). The van der Waals surface area contributed by atoms with E-state index in [2.05, 4.69) is 15.5 Å². The molecule has 1 heterocycles. The Kier molecular flexibility index (Phi) is 7.57. The van der Waals surface area contributed by atoms with Crippen molar-refractivity contribution in [3.63, 3.8) is 0 Å². The summed E-state index contributed by atoms with van der Waals surface area (Å²) in [5, 5.41) is 10.9. The van der Waals surface area contributed by atoms with Crippen molar-refractivity contribution in [3.8, 4) is 5.75 Å². The predicted octanol–water partition coefficient (Wildman–Crippen LogP) is 5.47. The van der Waals surface area contributed by atoms with E-state index < -0.39 is 35.4 Å². The molecule has 1 N–H and O–H groups in total. The fourth-order valence-corrected chi connectivity index (χ4v) is 3.73. The average molecular weight is 486 g/mol. The summed E-state index contributed by atoms with van der Waals surface area (Å²) in [6.07, 6.45) is -5.25. The molecular weight excluding hydrogens is 467 g/mol. The van der Waals surface area contributed by atoms with Gasteiger partial charge in [-0.15, -0.1) is 10.2 Å². The number of hydrogen-bond acceptors (Lipinski definition) is 5. The molecule has 1 atom stereocenters. The third kappa shape index (κ3) is 6.21. The van der Waals surface area contributed by atoms with Gasteiger partial charge in [-0.25, -0.2) is 8.78 Å². The van der Waals surface area contributed by atoms with E-state index >= 15 is 0 Å². The van der Waals surface area contributed by atoms with Crippen LogP contribution in [0.3, 0.4) is 0 Å². The summed E-state index contributed by atoms with van der Waals surface area (Å²) in [4.78, 5) is 12.2. The van der Waals surface area contributed by atoms with Gasteiger partial charge in [0, 0.05) is 18.3 Å². The molecule has 1 unspecified atom stereocenters. The van der Waals surface area contributed by atoms with Crippen LogP contribution >= 0.6 is 11.8 Å². The molecular formula is C21H19F5N4O2S. The smallest absolute Gasteiger partial charge is 0.416 e. The Morgan fingerprint density at radius 3 is 2.61 bits per heavy atom. The van der Waals surface area contributed by atoms with Crippen molar-refractivity contribution in [2.24, 2.45) is 0 Å². The number of anilines is 1. The molecule has 1 aromatic heterocycles. The third-order valence-corrected chi connectivity index (χ3v) is 5.40. The van der Waals surface area contributed by atoms with Gasteiger partial charge in [0.2, 0.25) is 5.91 Å². The van der Waals surface area contributed by atoms with Gasteiger partial charge in [0.25, 0.3) is 0 Å². The fourth-order valence-electron chi connectivity index (χ4n) is 2.92. The molecule has 3 aromatic rings. The third-order valence-electron chi connectivity index (χ3n) is 4.43. The van der Waals surface area contributed by atoms with Gasteiger partial charge in [0.15, 0.2) is 28.7 Å². The lowest BCUT2D eigenvalue weighted by Crippen LogP contribution is -2.16. The Morgan fingerprint density at radius 1 is 1.18 bits per heavy atom. The van der Waals surface area contributed by atoms with Crippen LogP contribution in [0.2, 0.25) is 0 Å². The van der Waals surface area contributed by atoms with E-state index in [1.54, 1.807) is 11.5 Å². The number of aromatic nitrogens is 3. The molecule has 0 fully saturated rings. The molecule has 0 aliphatic heterocycles. The van der Waals surface area contributed by atoms with Crippen molar-refractivity contribution in [3.05, 3.63) is 65.5 Å². The van der Waals surface area contributed by atoms with Gasteiger partial charge in [0.05, 0.1) is 11.3 Å². The van der Waals surface area contributed by atoms with Gasteiger partial charge in [-0.2, -0.15) is 13.2 Å². The number of ether oxygens (including phenoxy) is 1. The highest BCUT2D eigenvalue weighted by Gasteiger charge is 2.30. The number of hydrogen-bond donors (Lipinski definition) is 1. The van der Waals surface area contributed by atoms with Gasteiger partial charge in [0.1, 0.15) is 5.82 Å². The van der Waals surface area contributed by atoms with Crippen LogP contribution in [0.1, 0.15) is 31.3 Å². The first-order chi connectivity index (χ1) is 15.6. The Hall–Kier alpha value is -3.15. The fraction of sp³-hybridized carbons (Fsp3) is 0.286. The van der Waals surface area contributed by atoms with Crippen LogP contribution in [-0.2, 0) is 17.5 Å². The molecule has 2 aromatic carbocycles. The minimum atomic E-state index is -4.51. The van der Waals surface area contributed by atoms with E-state index in [0.29, 0.717) is 23.6 Å². The zero-order valence-corrected chi connectivity index (χ0v) is 18.3. The second-order valence-electron chi connectivity index (χ2n) is 6.84. The van der Waals surface area contributed by atoms with E-state index in [9.17, 15) is 26.7 Å². The van der Waals surface area contributed by atoms with E-state index in [1.165, 1.54) is 18.2 Å². The van der Waals surface area contributed by atoms with Crippen molar-refractivity contribution in [1.29, 1.82) is 0 Å². The number of rotatable bonds is 8. The SMILES string of the molecule is CCn1c(SCC(=O)Nc2cccc(C(F)(F)F)c2)nnc1C(C)Oc1ccc(F)cc1F. The number of carbonyl (C=O) groups is 1. The van der Waals surface area contributed by atoms with Crippen LogP contribution in [0, 0.1) is 11.6 Å². The Bertz CT molecular complexity index is 1140. The first-order valence-electron chi connectivity index (χ1n) is 9.73. The highest BCUT2D eigenvalue weighted by atomic mass is 32.2. The second kappa shape index (κ2) is 10.2. The number of nitrogens with zero attached hydrogens (tertiary/aromatic N) is 3. The summed E-state index contributed by atoms with van der Waals surface area (Å²) < 4.78 is 72.6. The maximum atomic E-state index is 13.9. The van der Waals surface area contributed by atoms with Crippen molar-refractivity contribution < 1.29 is 31.5 Å². The predicted molar refractivity (Wildman–Crippen MR) is 112 cm³/mol. The monoisotopic (exact) mass is 486 g/mol. The Balaban J connectivity index is 1.64. The zero-order valence-electron chi connectivity index (χ0n) is 17.5. The molecule has 176 valence electrons. The molecule has 0 aliphatic rings. The number of alkyl halides is 3. The second-order valence-corrected chi connectivity index (χ2v) is 7.78. The highest BCUT2D eigenvalue weighted by Crippen LogP contribution is 2.31. The van der Waals surface area contributed by atoms with E-state index in [-0.39, 0.29) is 17.2 Å². The Labute approximate surface area is 190 Å². The first kappa shape index (κ1) is 24.5. The first-order valence-corrected chi connectivity index (χ1v) is 10.7. The average Bonchev–Trinajstić information content (AvgIpc) is 3.17. The summed E-state index contributed by atoms with van der Waals surface area (Å²) in [5.41, 5.74) is -0.841.